The van der Waals surface area contributed by atoms with Crippen LogP contribution in [-0.2, 0) is 12.8 Å². The van der Waals surface area contributed by atoms with E-state index < -0.39 is 0 Å². The quantitative estimate of drug-likeness (QED) is 0.895. The summed E-state index contributed by atoms with van der Waals surface area (Å²) >= 11 is 0. The molecule has 0 aromatic heterocycles. The van der Waals surface area contributed by atoms with Crippen LogP contribution in [0.25, 0.3) is 0 Å². The molecule has 24 heavy (non-hydrogen) atoms. The summed E-state index contributed by atoms with van der Waals surface area (Å²) in [6, 6.07) is 12.8. The lowest BCUT2D eigenvalue weighted by atomic mass is 9.89. The predicted octanol–water partition coefficient (Wildman–Crippen LogP) is 3.56. The van der Waals surface area contributed by atoms with Crippen molar-refractivity contribution in [2.45, 2.75) is 18.9 Å². The van der Waals surface area contributed by atoms with Crippen molar-refractivity contribution in [2.24, 2.45) is 0 Å². The molecule has 2 aromatic carbocycles. The molecule has 130 valence electrons. The number of rotatable bonds is 5. The lowest BCUT2D eigenvalue weighted by Gasteiger charge is -2.30. The molecule has 4 nitrogen and oxygen atoms in total. The standard InChI is InChI=1S/C19H23NO3.ClH/c1-21-16-12-14-9-10-20-15(11-13-7-5-4-6-8-13)17(14)19(23-3)18(16)22-2;/h4-8,12,15,20H,9-11H2,1-3H3;1H. The fraction of sp³-hybridized carbons (Fsp3) is 0.368. The molecule has 1 unspecified atom stereocenters. The Balaban J connectivity index is 0.00000208. The summed E-state index contributed by atoms with van der Waals surface area (Å²) in [5.74, 6) is 2.16. The summed E-state index contributed by atoms with van der Waals surface area (Å²) in [5, 5.41) is 3.61. The Morgan fingerprint density at radius 3 is 2.33 bits per heavy atom. The third kappa shape index (κ3) is 3.45. The summed E-state index contributed by atoms with van der Waals surface area (Å²) in [6.45, 7) is 0.948. The molecule has 0 radical (unpaired) electrons. The second-order valence-corrected chi connectivity index (χ2v) is 5.66. The topological polar surface area (TPSA) is 39.7 Å². The van der Waals surface area contributed by atoms with Gasteiger partial charge in [0.05, 0.1) is 21.3 Å². The van der Waals surface area contributed by atoms with Crippen molar-refractivity contribution in [2.75, 3.05) is 27.9 Å². The summed E-state index contributed by atoms with van der Waals surface area (Å²) in [4.78, 5) is 0. The van der Waals surface area contributed by atoms with Gasteiger partial charge in [-0.05, 0) is 36.6 Å². The predicted molar refractivity (Wildman–Crippen MR) is 97.9 cm³/mol. The Labute approximate surface area is 149 Å². The highest BCUT2D eigenvalue weighted by molar-refractivity contribution is 5.85. The molecular weight excluding hydrogens is 326 g/mol. The first-order valence-electron chi connectivity index (χ1n) is 7.87. The number of ether oxygens (including phenoxy) is 3. The van der Waals surface area contributed by atoms with Gasteiger partial charge in [0.15, 0.2) is 11.5 Å². The molecule has 1 N–H and O–H groups in total. The minimum atomic E-state index is 0. The second-order valence-electron chi connectivity index (χ2n) is 5.66. The molecule has 5 heteroatoms. The van der Waals surface area contributed by atoms with E-state index in [1.54, 1.807) is 21.3 Å². The minimum Gasteiger partial charge on any atom is -0.493 e. The molecule has 1 heterocycles. The molecule has 0 aliphatic carbocycles. The van der Waals surface area contributed by atoms with Crippen molar-refractivity contribution < 1.29 is 14.2 Å². The molecule has 0 spiro atoms. The first kappa shape index (κ1) is 18.4. The van der Waals surface area contributed by atoms with Crippen molar-refractivity contribution >= 4 is 12.4 Å². The Bertz CT molecular complexity index is 676. The molecule has 1 aliphatic rings. The highest BCUT2D eigenvalue weighted by Gasteiger charge is 2.28. The van der Waals surface area contributed by atoms with Crippen LogP contribution < -0.4 is 19.5 Å². The maximum atomic E-state index is 5.70. The van der Waals surface area contributed by atoms with Crippen LogP contribution in [0.3, 0.4) is 0 Å². The molecule has 0 saturated carbocycles. The zero-order valence-corrected chi connectivity index (χ0v) is 15.1. The Morgan fingerprint density at radius 1 is 1.00 bits per heavy atom. The number of methoxy groups -OCH3 is 3. The summed E-state index contributed by atoms with van der Waals surface area (Å²) in [6.07, 6.45) is 1.87. The highest BCUT2D eigenvalue weighted by Crippen LogP contribution is 2.46. The van der Waals surface area contributed by atoms with E-state index in [1.807, 2.05) is 6.07 Å². The second kappa shape index (κ2) is 8.27. The van der Waals surface area contributed by atoms with Gasteiger partial charge in [0.2, 0.25) is 5.75 Å². The van der Waals surface area contributed by atoms with Gasteiger partial charge in [-0.25, -0.2) is 0 Å². The number of hydrogen-bond acceptors (Lipinski definition) is 4. The van der Waals surface area contributed by atoms with E-state index in [-0.39, 0.29) is 18.4 Å². The smallest absolute Gasteiger partial charge is 0.203 e. The average molecular weight is 350 g/mol. The monoisotopic (exact) mass is 349 g/mol. The third-order valence-corrected chi connectivity index (χ3v) is 4.37. The number of benzene rings is 2. The SMILES string of the molecule is COc1cc2c(c(OC)c1OC)C(Cc1ccccc1)NCC2.Cl. The minimum absolute atomic E-state index is 0. The zero-order chi connectivity index (χ0) is 16.2. The van der Waals surface area contributed by atoms with Gasteiger partial charge in [-0.15, -0.1) is 12.4 Å². The first-order valence-corrected chi connectivity index (χ1v) is 7.87. The molecule has 3 rings (SSSR count). The Kier molecular flexibility index (Phi) is 6.35. The first-order chi connectivity index (χ1) is 11.3. The molecule has 0 fully saturated rings. The van der Waals surface area contributed by atoms with Crippen LogP contribution in [0.5, 0.6) is 17.2 Å². The van der Waals surface area contributed by atoms with Crippen molar-refractivity contribution in [3.8, 4) is 17.2 Å². The van der Waals surface area contributed by atoms with Gasteiger partial charge in [-0.2, -0.15) is 0 Å². The molecular formula is C19H24ClNO3. The van der Waals surface area contributed by atoms with Crippen LogP contribution in [0.2, 0.25) is 0 Å². The van der Waals surface area contributed by atoms with E-state index in [4.69, 9.17) is 14.2 Å². The number of halogens is 1. The van der Waals surface area contributed by atoms with Crippen LogP contribution in [0.1, 0.15) is 22.7 Å². The molecule has 0 saturated heterocycles. The van der Waals surface area contributed by atoms with Crippen molar-refractivity contribution in [1.29, 1.82) is 0 Å². The van der Waals surface area contributed by atoms with Gasteiger partial charge in [0, 0.05) is 11.6 Å². The van der Waals surface area contributed by atoms with Crippen LogP contribution in [0.4, 0.5) is 0 Å². The molecule has 2 aromatic rings. The number of nitrogens with one attached hydrogen (secondary N) is 1. The molecule has 0 bridgehead atoms. The molecule has 1 aliphatic heterocycles. The Morgan fingerprint density at radius 2 is 1.71 bits per heavy atom. The van der Waals surface area contributed by atoms with E-state index in [2.05, 4.69) is 35.6 Å². The fourth-order valence-electron chi connectivity index (χ4n) is 3.33. The van der Waals surface area contributed by atoms with Crippen molar-refractivity contribution in [3.63, 3.8) is 0 Å². The normalized spacial score (nSPS) is 15.9. The van der Waals surface area contributed by atoms with Crippen molar-refractivity contribution in [3.05, 3.63) is 53.1 Å². The third-order valence-electron chi connectivity index (χ3n) is 4.37. The van der Waals surface area contributed by atoms with Crippen molar-refractivity contribution in [1.82, 2.24) is 5.32 Å². The van der Waals surface area contributed by atoms with Crippen LogP contribution in [-0.4, -0.2) is 27.9 Å². The van der Waals surface area contributed by atoms with E-state index in [9.17, 15) is 0 Å². The summed E-state index contributed by atoms with van der Waals surface area (Å²) in [7, 11) is 4.99. The lowest BCUT2D eigenvalue weighted by Crippen LogP contribution is -2.31. The highest BCUT2D eigenvalue weighted by atomic mass is 35.5. The van der Waals surface area contributed by atoms with Gasteiger partial charge in [-0.3, -0.25) is 0 Å². The average Bonchev–Trinajstić information content (AvgIpc) is 2.61. The zero-order valence-electron chi connectivity index (χ0n) is 14.3. The maximum absolute atomic E-state index is 5.70. The van der Waals surface area contributed by atoms with Gasteiger partial charge in [0.25, 0.3) is 0 Å². The number of fused-ring (bicyclic) bond motifs is 1. The maximum Gasteiger partial charge on any atom is 0.203 e. The molecule has 1 atom stereocenters. The van der Waals surface area contributed by atoms with E-state index in [1.165, 1.54) is 16.7 Å². The van der Waals surface area contributed by atoms with Gasteiger partial charge < -0.3 is 19.5 Å². The summed E-state index contributed by atoms with van der Waals surface area (Å²) < 4.78 is 16.7. The van der Waals surface area contributed by atoms with E-state index >= 15 is 0 Å². The Hall–Kier alpha value is -1.91. The van der Waals surface area contributed by atoms with E-state index in [0.717, 1.165) is 30.9 Å². The van der Waals surface area contributed by atoms with Crippen LogP contribution in [0.15, 0.2) is 36.4 Å². The van der Waals surface area contributed by atoms with Gasteiger partial charge in [0.1, 0.15) is 0 Å². The number of hydrogen-bond donors (Lipinski definition) is 1. The lowest BCUT2D eigenvalue weighted by molar-refractivity contribution is 0.316. The van der Waals surface area contributed by atoms with Crippen LogP contribution in [0, 0.1) is 0 Å². The van der Waals surface area contributed by atoms with E-state index in [0.29, 0.717) is 5.75 Å². The van der Waals surface area contributed by atoms with Gasteiger partial charge in [-0.1, -0.05) is 30.3 Å². The largest absolute Gasteiger partial charge is 0.493 e. The van der Waals surface area contributed by atoms with Crippen LogP contribution >= 0.6 is 12.4 Å². The fourth-order valence-corrected chi connectivity index (χ4v) is 3.33. The molecule has 0 amide bonds. The summed E-state index contributed by atoms with van der Waals surface area (Å²) in [5.41, 5.74) is 3.74. The van der Waals surface area contributed by atoms with Gasteiger partial charge >= 0.3 is 0 Å².